The molecule has 1 atom stereocenters. The molecule has 1 aliphatic heterocycles. The van der Waals surface area contributed by atoms with Gasteiger partial charge in [0.25, 0.3) is 0 Å². The lowest BCUT2D eigenvalue weighted by molar-refractivity contribution is -0.138. The summed E-state index contributed by atoms with van der Waals surface area (Å²) in [6, 6.07) is 6.78. The van der Waals surface area contributed by atoms with Crippen LogP contribution in [0.4, 0.5) is 4.39 Å². The standard InChI is InChI=1S/C23H36FN5O2.HI/c1-25-22(27-17-23(9-4-5-10-23)21(30)28(2)3)26-16-20(29-11-13-31-14-12-29)18-7-6-8-19(24)15-18;/h6-8,15,20H,4-5,9-14,16-17H2,1-3H3,(H2,25,26,27);1H. The van der Waals surface area contributed by atoms with Gasteiger partial charge in [0.05, 0.1) is 24.7 Å². The number of nitrogens with zero attached hydrogens (tertiary/aromatic N) is 3. The lowest BCUT2D eigenvalue weighted by atomic mass is 9.84. The topological polar surface area (TPSA) is 69.2 Å². The third-order valence-corrected chi connectivity index (χ3v) is 6.42. The van der Waals surface area contributed by atoms with Crippen molar-refractivity contribution in [2.45, 2.75) is 31.7 Å². The highest BCUT2D eigenvalue weighted by atomic mass is 127. The first kappa shape index (κ1) is 26.8. The summed E-state index contributed by atoms with van der Waals surface area (Å²) in [6.45, 7) is 4.09. The third-order valence-electron chi connectivity index (χ3n) is 6.42. The van der Waals surface area contributed by atoms with Crippen LogP contribution in [0.5, 0.6) is 0 Å². The molecule has 0 aromatic heterocycles. The van der Waals surface area contributed by atoms with E-state index in [-0.39, 0.29) is 47.2 Å². The van der Waals surface area contributed by atoms with E-state index in [4.69, 9.17) is 4.74 Å². The normalized spacial score (nSPS) is 19.7. The Morgan fingerprint density at radius 3 is 2.53 bits per heavy atom. The van der Waals surface area contributed by atoms with Crippen LogP contribution in [0.2, 0.25) is 0 Å². The zero-order valence-electron chi connectivity index (χ0n) is 19.4. The van der Waals surface area contributed by atoms with E-state index in [1.807, 2.05) is 20.2 Å². The lowest BCUT2D eigenvalue weighted by Gasteiger charge is -2.35. The van der Waals surface area contributed by atoms with Crippen LogP contribution in [-0.2, 0) is 9.53 Å². The molecule has 1 heterocycles. The fourth-order valence-corrected chi connectivity index (χ4v) is 4.72. The van der Waals surface area contributed by atoms with E-state index >= 15 is 0 Å². The summed E-state index contributed by atoms with van der Waals surface area (Å²) in [6.07, 6.45) is 3.94. The summed E-state index contributed by atoms with van der Waals surface area (Å²) in [7, 11) is 5.37. The molecule has 1 saturated carbocycles. The van der Waals surface area contributed by atoms with Crippen LogP contribution in [0.15, 0.2) is 29.3 Å². The highest BCUT2D eigenvalue weighted by Gasteiger charge is 2.42. The molecule has 1 aliphatic carbocycles. The molecule has 1 saturated heterocycles. The van der Waals surface area contributed by atoms with Crippen LogP contribution in [0.3, 0.4) is 0 Å². The highest BCUT2D eigenvalue weighted by molar-refractivity contribution is 14.0. The van der Waals surface area contributed by atoms with Gasteiger partial charge in [-0.1, -0.05) is 25.0 Å². The molecule has 2 fully saturated rings. The molecule has 2 aliphatic rings. The molecule has 1 aromatic carbocycles. The number of hydrogen-bond acceptors (Lipinski definition) is 4. The molecular formula is C23H37FIN5O2. The van der Waals surface area contributed by atoms with Crippen LogP contribution in [-0.4, -0.2) is 82.2 Å². The van der Waals surface area contributed by atoms with Gasteiger partial charge < -0.3 is 20.3 Å². The Morgan fingerprint density at radius 2 is 1.94 bits per heavy atom. The molecule has 9 heteroatoms. The SMILES string of the molecule is CN=C(NCC(c1cccc(F)c1)N1CCOCC1)NCC1(C(=O)N(C)C)CCCC1.I. The van der Waals surface area contributed by atoms with Crippen molar-refractivity contribution >= 4 is 35.8 Å². The number of aliphatic imine (C=N–C) groups is 1. The first-order valence-corrected chi connectivity index (χ1v) is 11.2. The summed E-state index contributed by atoms with van der Waals surface area (Å²) in [5, 5.41) is 6.79. The van der Waals surface area contributed by atoms with Gasteiger partial charge in [-0.25, -0.2) is 4.39 Å². The first-order chi connectivity index (χ1) is 14.9. The number of rotatable bonds is 7. The Morgan fingerprint density at radius 1 is 1.25 bits per heavy atom. The number of halogens is 2. The van der Waals surface area contributed by atoms with E-state index in [1.54, 1.807) is 24.1 Å². The molecule has 180 valence electrons. The van der Waals surface area contributed by atoms with Crippen LogP contribution in [0.1, 0.15) is 37.3 Å². The van der Waals surface area contributed by atoms with Gasteiger partial charge in [0.2, 0.25) is 5.91 Å². The molecule has 2 N–H and O–H groups in total. The Balaban J connectivity index is 0.00000363. The van der Waals surface area contributed by atoms with Crippen molar-refractivity contribution in [1.82, 2.24) is 20.4 Å². The third kappa shape index (κ3) is 6.77. The van der Waals surface area contributed by atoms with Gasteiger partial charge in [0.15, 0.2) is 5.96 Å². The minimum atomic E-state index is -0.368. The number of carbonyl (C=O) groups excluding carboxylic acids is 1. The summed E-state index contributed by atoms with van der Waals surface area (Å²) in [5.41, 5.74) is 0.563. The van der Waals surface area contributed by atoms with Gasteiger partial charge in [-0.15, -0.1) is 24.0 Å². The van der Waals surface area contributed by atoms with E-state index < -0.39 is 0 Å². The number of amides is 1. The van der Waals surface area contributed by atoms with Crippen LogP contribution >= 0.6 is 24.0 Å². The average Bonchev–Trinajstić information content (AvgIpc) is 3.26. The summed E-state index contributed by atoms with van der Waals surface area (Å²) in [4.78, 5) is 21.2. The molecule has 0 bridgehead atoms. The predicted octanol–water partition coefficient (Wildman–Crippen LogP) is 2.63. The maximum Gasteiger partial charge on any atom is 0.230 e. The highest BCUT2D eigenvalue weighted by Crippen LogP contribution is 2.38. The number of nitrogens with one attached hydrogen (secondary N) is 2. The lowest BCUT2D eigenvalue weighted by Crippen LogP contribution is -2.50. The van der Waals surface area contributed by atoms with E-state index in [0.29, 0.717) is 32.3 Å². The molecule has 0 spiro atoms. The van der Waals surface area contributed by atoms with E-state index in [0.717, 1.165) is 44.3 Å². The fraction of sp³-hybridized carbons (Fsp3) is 0.652. The molecule has 3 rings (SSSR count). The van der Waals surface area contributed by atoms with Gasteiger partial charge in [0, 0.05) is 47.3 Å². The Hall–Kier alpha value is -1.46. The van der Waals surface area contributed by atoms with E-state index in [1.165, 1.54) is 6.07 Å². The second-order valence-electron chi connectivity index (χ2n) is 8.71. The Labute approximate surface area is 208 Å². The average molecular weight is 561 g/mol. The molecule has 1 amide bonds. The number of guanidine groups is 1. The minimum absolute atomic E-state index is 0. The number of ether oxygens (including phenoxy) is 1. The van der Waals surface area contributed by atoms with Crippen molar-refractivity contribution in [3.8, 4) is 0 Å². The second-order valence-corrected chi connectivity index (χ2v) is 8.71. The maximum atomic E-state index is 13.9. The monoisotopic (exact) mass is 561 g/mol. The van der Waals surface area contributed by atoms with Gasteiger partial charge in [-0.05, 0) is 30.5 Å². The summed E-state index contributed by atoms with van der Waals surface area (Å²) in [5.74, 6) is 0.607. The number of benzene rings is 1. The zero-order valence-corrected chi connectivity index (χ0v) is 21.7. The summed E-state index contributed by atoms with van der Waals surface area (Å²) < 4.78 is 19.4. The van der Waals surface area contributed by atoms with Crippen molar-refractivity contribution in [3.63, 3.8) is 0 Å². The van der Waals surface area contributed by atoms with Gasteiger partial charge in [-0.3, -0.25) is 14.7 Å². The quantitative estimate of drug-likeness (QED) is 0.305. The fourth-order valence-electron chi connectivity index (χ4n) is 4.72. The van der Waals surface area contributed by atoms with Crippen molar-refractivity contribution in [1.29, 1.82) is 0 Å². The Bertz CT molecular complexity index is 765. The van der Waals surface area contributed by atoms with E-state index in [2.05, 4.69) is 20.5 Å². The molecule has 0 radical (unpaired) electrons. The van der Waals surface area contributed by atoms with Crippen molar-refractivity contribution in [3.05, 3.63) is 35.6 Å². The van der Waals surface area contributed by atoms with Crippen LogP contribution in [0, 0.1) is 11.2 Å². The maximum absolute atomic E-state index is 13.9. The van der Waals surface area contributed by atoms with Crippen LogP contribution in [0.25, 0.3) is 0 Å². The van der Waals surface area contributed by atoms with E-state index in [9.17, 15) is 9.18 Å². The molecule has 1 aromatic rings. The second kappa shape index (κ2) is 12.7. The smallest absolute Gasteiger partial charge is 0.230 e. The summed E-state index contributed by atoms with van der Waals surface area (Å²) >= 11 is 0. The molecular weight excluding hydrogens is 524 g/mol. The predicted molar refractivity (Wildman–Crippen MR) is 136 cm³/mol. The zero-order chi connectivity index (χ0) is 22.3. The van der Waals surface area contributed by atoms with Gasteiger partial charge >= 0.3 is 0 Å². The number of carbonyl (C=O) groups is 1. The van der Waals surface area contributed by atoms with Gasteiger partial charge in [0.1, 0.15) is 5.82 Å². The molecule has 1 unspecified atom stereocenters. The molecule has 32 heavy (non-hydrogen) atoms. The largest absolute Gasteiger partial charge is 0.379 e. The van der Waals surface area contributed by atoms with Crippen molar-refractivity contribution in [2.24, 2.45) is 10.4 Å². The first-order valence-electron chi connectivity index (χ1n) is 11.2. The van der Waals surface area contributed by atoms with Crippen molar-refractivity contribution < 1.29 is 13.9 Å². The van der Waals surface area contributed by atoms with Crippen molar-refractivity contribution in [2.75, 3.05) is 60.5 Å². The Kier molecular flexibility index (Phi) is 10.6. The number of hydrogen-bond donors (Lipinski definition) is 2. The molecule has 7 nitrogen and oxygen atoms in total. The van der Waals surface area contributed by atoms with Crippen LogP contribution < -0.4 is 10.6 Å². The number of morpholine rings is 1. The van der Waals surface area contributed by atoms with Gasteiger partial charge in [-0.2, -0.15) is 0 Å². The minimum Gasteiger partial charge on any atom is -0.379 e.